The number of carbonyl (C=O) groups is 1. The zero-order valence-corrected chi connectivity index (χ0v) is 18.7. The van der Waals surface area contributed by atoms with Gasteiger partial charge in [0.2, 0.25) is 0 Å². The fourth-order valence-corrected chi connectivity index (χ4v) is 4.58. The first kappa shape index (κ1) is 21.3. The van der Waals surface area contributed by atoms with Crippen LogP contribution in [0.4, 0.5) is 5.69 Å². The van der Waals surface area contributed by atoms with Crippen molar-refractivity contribution in [2.45, 2.75) is 18.3 Å². The summed E-state index contributed by atoms with van der Waals surface area (Å²) >= 11 is 0. The summed E-state index contributed by atoms with van der Waals surface area (Å²) in [5.41, 5.74) is 3.75. The van der Waals surface area contributed by atoms with Crippen LogP contribution in [0.1, 0.15) is 23.1 Å². The largest absolute Gasteiger partial charge is 0.309 e. The molecule has 0 aromatic heterocycles. The molecule has 0 fully saturated rings. The van der Waals surface area contributed by atoms with E-state index in [4.69, 9.17) is 0 Å². The molecule has 3 aromatic rings. The third kappa shape index (κ3) is 4.01. The molecule has 0 aliphatic carbocycles. The minimum Gasteiger partial charge on any atom is -0.309 e. The van der Waals surface area contributed by atoms with Gasteiger partial charge in [0.15, 0.2) is 0 Å². The number of rotatable bonds is 8. The lowest BCUT2D eigenvalue weighted by Crippen LogP contribution is -2.49. The molecule has 4 heteroatoms. The summed E-state index contributed by atoms with van der Waals surface area (Å²) in [6, 6.07) is 29.0. The van der Waals surface area contributed by atoms with Crippen molar-refractivity contribution in [3.05, 3.63) is 102 Å². The van der Waals surface area contributed by atoms with Crippen LogP contribution in [0.2, 0.25) is 0 Å². The Hall–Kier alpha value is -2.95. The standard InChI is InChI=1S/C27H31N3O/c1-28(2)21-19-27(23-14-8-5-9-15-23)24-16-10-11-17-25(24)30(26(27)31)29(3)20-18-22-12-6-4-7-13-22/h4-17H,18-21H2,1-3H3/t27-/m0/s1. The molecule has 0 N–H and O–H groups in total. The van der Waals surface area contributed by atoms with Gasteiger partial charge in [0.25, 0.3) is 5.91 Å². The number of nitrogens with zero attached hydrogens (tertiary/aromatic N) is 3. The number of hydrogen-bond donors (Lipinski definition) is 0. The Bertz CT molecular complexity index is 1020. The molecule has 0 saturated heterocycles. The van der Waals surface area contributed by atoms with Crippen molar-refractivity contribution in [2.24, 2.45) is 0 Å². The third-order valence-electron chi connectivity index (χ3n) is 6.26. The first-order valence-electron chi connectivity index (χ1n) is 10.9. The van der Waals surface area contributed by atoms with E-state index < -0.39 is 5.41 Å². The summed E-state index contributed by atoms with van der Waals surface area (Å²) < 4.78 is 0. The Balaban J connectivity index is 1.73. The van der Waals surface area contributed by atoms with Crippen LogP contribution in [0, 0.1) is 0 Å². The first-order valence-corrected chi connectivity index (χ1v) is 10.9. The molecule has 4 rings (SSSR count). The molecule has 1 aliphatic heterocycles. The zero-order valence-electron chi connectivity index (χ0n) is 18.7. The average Bonchev–Trinajstić information content (AvgIpc) is 3.06. The van der Waals surface area contributed by atoms with Crippen molar-refractivity contribution in [3.8, 4) is 0 Å². The quantitative estimate of drug-likeness (QED) is 0.549. The third-order valence-corrected chi connectivity index (χ3v) is 6.26. The van der Waals surface area contributed by atoms with E-state index in [1.54, 1.807) is 0 Å². The number of likely N-dealkylation sites (N-methyl/N-ethyl adjacent to an activating group) is 1. The number of hydrogen-bond acceptors (Lipinski definition) is 3. The Labute approximate surface area is 185 Å². The molecule has 0 radical (unpaired) electrons. The van der Waals surface area contributed by atoms with E-state index in [0.717, 1.165) is 42.7 Å². The highest BCUT2D eigenvalue weighted by molar-refractivity contribution is 6.09. The van der Waals surface area contributed by atoms with Gasteiger partial charge in [-0.15, -0.1) is 0 Å². The minimum absolute atomic E-state index is 0.136. The summed E-state index contributed by atoms with van der Waals surface area (Å²) in [5.74, 6) is 0.136. The second kappa shape index (κ2) is 9.04. The smallest absolute Gasteiger partial charge is 0.256 e. The van der Waals surface area contributed by atoms with Gasteiger partial charge in [0, 0.05) is 13.6 Å². The van der Waals surface area contributed by atoms with E-state index in [2.05, 4.69) is 72.5 Å². The SMILES string of the molecule is CN(C)CC[C@@]1(c2ccccc2)C(=O)N(N(C)CCc2ccccc2)c2ccccc21. The molecule has 0 bridgehead atoms. The number of benzene rings is 3. The molecule has 0 saturated carbocycles. The molecule has 1 heterocycles. The molecular weight excluding hydrogens is 382 g/mol. The van der Waals surface area contributed by atoms with Gasteiger partial charge < -0.3 is 4.90 Å². The van der Waals surface area contributed by atoms with Gasteiger partial charge in [-0.05, 0) is 56.2 Å². The summed E-state index contributed by atoms with van der Waals surface area (Å²) in [7, 11) is 6.15. The monoisotopic (exact) mass is 413 g/mol. The van der Waals surface area contributed by atoms with E-state index in [1.807, 2.05) is 48.5 Å². The average molecular weight is 414 g/mol. The maximum atomic E-state index is 14.2. The maximum absolute atomic E-state index is 14.2. The second-order valence-corrected chi connectivity index (χ2v) is 8.58. The van der Waals surface area contributed by atoms with Gasteiger partial charge in [0.05, 0.1) is 5.69 Å². The number of hydrazine groups is 1. The lowest BCUT2D eigenvalue weighted by Gasteiger charge is -2.33. The highest BCUT2D eigenvalue weighted by Crippen LogP contribution is 2.48. The molecule has 160 valence electrons. The van der Waals surface area contributed by atoms with Crippen molar-refractivity contribution in [1.82, 2.24) is 9.91 Å². The van der Waals surface area contributed by atoms with Gasteiger partial charge in [-0.3, -0.25) is 4.79 Å². The van der Waals surface area contributed by atoms with Gasteiger partial charge in [-0.2, -0.15) is 0 Å². The van der Waals surface area contributed by atoms with Crippen LogP contribution in [0.5, 0.6) is 0 Å². The molecule has 1 aliphatic rings. The highest BCUT2D eigenvalue weighted by Gasteiger charge is 2.52. The molecule has 1 amide bonds. The van der Waals surface area contributed by atoms with Crippen LogP contribution >= 0.6 is 0 Å². The van der Waals surface area contributed by atoms with Crippen molar-refractivity contribution >= 4 is 11.6 Å². The first-order chi connectivity index (χ1) is 15.0. The number of amides is 1. The van der Waals surface area contributed by atoms with Crippen LogP contribution in [-0.2, 0) is 16.6 Å². The van der Waals surface area contributed by atoms with E-state index in [-0.39, 0.29) is 5.91 Å². The molecular formula is C27H31N3O. The van der Waals surface area contributed by atoms with Crippen molar-refractivity contribution in [1.29, 1.82) is 0 Å². The Kier molecular flexibility index (Phi) is 6.21. The van der Waals surface area contributed by atoms with Crippen LogP contribution < -0.4 is 5.01 Å². The van der Waals surface area contributed by atoms with E-state index in [0.29, 0.717) is 0 Å². The number of carbonyl (C=O) groups excluding carboxylic acids is 1. The van der Waals surface area contributed by atoms with Crippen LogP contribution in [-0.4, -0.2) is 50.0 Å². The van der Waals surface area contributed by atoms with Crippen molar-refractivity contribution in [2.75, 3.05) is 39.2 Å². The van der Waals surface area contributed by atoms with Gasteiger partial charge in [-0.25, -0.2) is 10.0 Å². The van der Waals surface area contributed by atoms with Gasteiger partial charge >= 0.3 is 0 Å². The molecule has 31 heavy (non-hydrogen) atoms. The Morgan fingerprint density at radius 3 is 2.06 bits per heavy atom. The maximum Gasteiger partial charge on any atom is 0.256 e. The van der Waals surface area contributed by atoms with Crippen molar-refractivity contribution in [3.63, 3.8) is 0 Å². The predicted molar refractivity (Wildman–Crippen MR) is 127 cm³/mol. The minimum atomic E-state index is -0.677. The highest BCUT2D eigenvalue weighted by atomic mass is 16.2. The van der Waals surface area contributed by atoms with E-state index >= 15 is 0 Å². The number of para-hydroxylation sites is 1. The molecule has 3 aromatic carbocycles. The fraction of sp³-hybridized carbons (Fsp3) is 0.296. The summed E-state index contributed by atoms with van der Waals surface area (Å²) in [4.78, 5) is 16.4. The van der Waals surface area contributed by atoms with E-state index in [1.165, 1.54) is 5.56 Å². The summed E-state index contributed by atoms with van der Waals surface area (Å²) in [6.07, 6.45) is 1.63. The van der Waals surface area contributed by atoms with Gasteiger partial charge in [-0.1, -0.05) is 78.9 Å². The Morgan fingerprint density at radius 2 is 1.39 bits per heavy atom. The molecule has 1 atom stereocenters. The van der Waals surface area contributed by atoms with Crippen LogP contribution in [0.25, 0.3) is 0 Å². The zero-order chi connectivity index (χ0) is 21.8. The summed E-state index contributed by atoms with van der Waals surface area (Å²) in [6.45, 7) is 1.60. The summed E-state index contributed by atoms with van der Waals surface area (Å²) in [5, 5.41) is 3.98. The fourth-order valence-electron chi connectivity index (χ4n) is 4.58. The number of anilines is 1. The number of fused-ring (bicyclic) bond motifs is 1. The van der Waals surface area contributed by atoms with Gasteiger partial charge in [0.1, 0.15) is 5.41 Å². The Morgan fingerprint density at radius 1 is 0.774 bits per heavy atom. The second-order valence-electron chi connectivity index (χ2n) is 8.58. The lowest BCUT2D eigenvalue weighted by molar-refractivity contribution is -0.124. The molecule has 0 spiro atoms. The van der Waals surface area contributed by atoms with Crippen molar-refractivity contribution < 1.29 is 4.79 Å². The van der Waals surface area contributed by atoms with E-state index in [9.17, 15) is 4.79 Å². The predicted octanol–water partition coefficient (Wildman–Crippen LogP) is 4.36. The topological polar surface area (TPSA) is 26.8 Å². The normalized spacial score (nSPS) is 18.1. The van der Waals surface area contributed by atoms with Crippen LogP contribution in [0.3, 0.4) is 0 Å². The van der Waals surface area contributed by atoms with Crippen LogP contribution in [0.15, 0.2) is 84.9 Å². The molecule has 0 unspecified atom stereocenters. The lowest BCUT2D eigenvalue weighted by atomic mass is 9.73. The molecule has 4 nitrogen and oxygen atoms in total.